The third-order valence-corrected chi connectivity index (χ3v) is 7.68. The van der Waals surface area contributed by atoms with E-state index in [2.05, 4.69) is 123 Å². The van der Waals surface area contributed by atoms with Crippen LogP contribution >= 0.6 is 0 Å². The zero-order valence-corrected chi connectivity index (χ0v) is 25.3. The van der Waals surface area contributed by atoms with Crippen molar-refractivity contribution in [3.05, 3.63) is 95.7 Å². The van der Waals surface area contributed by atoms with Crippen LogP contribution in [0.15, 0.2) is 79.0 Å². The number of rotatable bonds is 3. The van der Waals surface area contributed by atoms with Gasteiger partial charge in [-0.05, 0) is 32.9 Å². The fourth-order valence-corrected chi connectivity index (χ4v) is 4.96. The molecule has 5 rings (SSSR count). The summed E-state index contributed by atoms with van der Waals surface area (Å²) in [5, 5.41) is 11.5. The van der Waals surface area contributed by atoms with Gasteiger partial charge in [0.2, 0.25) is 5.88 Å². The van der Waals surface area contributed by atoms with Gasteiger partial charge in [-0.1, -0.05) is 135 Å². The highest BCUT2D eigenvalue weighted by molar-refractivity contribution is 5.81. The number of hydrogen-bond donors (Lipinski definition) is 1. The number of benzene rings is 3. The zero-order valence-electron chi connectivity index (χ0n) is 25.3. The summed E-state index contributed by atoms with van der Waals surface area (Å²) in [6.07, 6.45) is 1.89. The summed E-state index contributed by atoms with van der Waals surface area (Å²) in [4.78, 5) is 10.1. The third kappa shape index (κ3) is 5.28. The van der Waals surface area contributed by atoms with Gasteiger partial charge in [0.05, 0.1) is 5.69 Å². The number of hydrogen-bond acceptors (Lipinski definition) is 3. The van der Waals surface area contributed by atoms with Crippen molar-refractivity contribution in [3.8, 4) is 39.7 Å². The number of aromatic hydroxyl groups is 1. The molecule has 4 nitrogen and oxygen atoms in total. The maximum atomic E-state index is 11.5. The van der Waals surface area contributed by atoms with E-state index < -0.39 is 0 Å². The van der Waals surface area contributed by atoms with E-state index in [1.807, 2.05) is 18.3 Å². The number of fused-ring (bicyclic) bond motifs is 1. The third-order valence-electron chi connectivity index (χ3n) is 7.68. The number of imidazole rings is 1. The molecule has 1 N–H and O–H groups in total. The first-order chi connectivity index (χ1) is 18.6. The van der Waals surface area contributed by atoms with Crippen LogP contribution in [0, 0.1) is 0 Å². The molecule has 0 unspecified atom stereocenters. The molecule has 40 heavy (non-hydrogen) atoms. The number of nitrogens with zero attached hydrogens (tertiary/aromatic N) is 3. The molecule has 0 fully saturated rings. The van der Waals surface area contributed by atoms with Gasteiger partial charge in [0.1, 0.15) is 11.4 Å². The molecule has 4 heteroatoms. The van der Waals surface area contributed by atoms with Crippen LogP contribution in [0.5, 0.6) is 5.88 Å². The van der Waals surface area contributed by atoms with Crippen LogP contribution in [0.1, 0.15) is 79.0 Å². The van der Waals surface area contributed by atoms with Gasteiger partial charge in [-0.15, -0.1) is 0 Å². The Balaban J connectivity index is 1.70. The summed E-state index contributed by atoms with van der Waals surface area (Å²) < 4.78 is 1.78. The SMILES string of the molecule is CC(C)(C)c1ccc(-c2cn3c(O)c(-c4ccc(C(C)(C)C)cc4)nc3c(-c3ccc(C(C)(C)C)cc3)n2)cc1. The summed E-state index contributed by atoms with van der Waals surface area (Å²) in [6.45, 7) is 19.9. The van der Waals surface area contributed by atoms with Crippen LogP contribution in [-0.4, -0.2) is 19.5 Å². The summed E-state index contributed by atoms with van der Waals surface area (Å²) >= 11 is 0. The largest absolute Gasteiger partial charge is 0.493 e. The molecule has 3 aromatic carbocycles. The first-order valence-electron chi connectivity index (χ1n) is 14.1. The molecule has 0 bridgehead atoms. The Kier molecular flexibility index (Phi) is 6.65. The Morgan fingerprint density at radius 3 is 1.27 bits per heavy atom. The monoisotopic (exact) mass is 531 g/mol. The molecule has 0 spiro atoms. The minimum absolute atomic E-state index is 0.0488. The second-order valence-corrected chi connectivity index (χ2v) is 13.9. The van der Waals surface area contributed by atoms with E-state index in [0.717, 1.165) is 28.1 Å². The van der Waals surface area contributed by atoms with Gasteiger partial charge in [-0.25, -0.2) is 9.97 Å². The van der Waals surface area contributed by atoms with Gasteiger partial charge in [0, 0.05) is 22.9 Å². The lowest BCUT2D eigenvalue weighted by molar-refractivity contribution is 0.450. The normalized spacial score (nSPS) is 12.7. The Morgan fingerprint density at radius 1 is 0.500 bits per heavy atom. The zero-order chi connectivity index (χ0) is 29.0. The Hall–Kier alpha value is -3.92. The van der Waals surface area contributed by atoms with Crippen LogP contribution < -0.4 is 0 Å². The van der Waals surface area contributed by atoms with Crippen LogP contribution in [0.25, 0.3) is 39.4 Å². The van der Waals surface area contributed by atoms with Crippen molar-refractivity contribution in [3.63, 3.8) is 0 Å². The molecule has 0 amide bonds. The molecule has 0 saturated heterocycles. The van der Waals surface area contributed by atoms with Gasteiger partial charge >= 0.3 is 0 Å². The van der Waals surface area contributed by atoms with E-state index in [9.17, 15) is 5.11 Å². The van der Waals surface area contributed by atoms with Crippen molar-refractivity contribution >= 4 is 5.65 Å². The average Bonchev–Trinajstić information content (AvgIpc) is 3.23. The van der Waals surface area contributed by atoms with Gasteiger partial charge < -0.3 is 5.11 Å². The molecule has 0 aliphatic carbocycles. The predicted molar refractivity (Wildman–Crippen MR) is 167 cm³/mol. The highest BCUT2D eigenvalue weighted by Gasteiger charge is 2.22. The lowest BCUT2D eigenvalue weighted by atomic mass is 9.86. The Bertz CT molecular complexity index is 1650. The topological polar surface area (TPSA) is 50.4 Å². The van der Waals surface area contributed by atoms with E-state index in [4.69, 9.17) is 9.97 Å². The molecule has 0 radical (unpaired) electrons. The highest BCUT2D eigenvalue weighted by atomic mass is 16.3. The fraction of sp³-hybridized carbons (Fsp3) is 0.333. The lowest BCUT2D eigenvalue weighted by Crippen LogP contribution is -2.10. The van der Waals surface area contributed by atoms with Crippen LogP contribution in [-0.2, 0) is 16.2 Å². The van der Waals surface area contributed by atoms with Crippen molar-refractivity contribution in [1.29, 1.82) is 0 Å². The van der Waals surface area contributed by atoms with Gasteiger partial charge in [0.25, 0.3) is 0 Å². The molecule has 0 aliphatic heterocycles. The smallest absolute Gasteiger partial charge is 0.224 e. The van der Waals surface area contributed by atoms with Crippen LogP contribution in [0.2, 0.25) is 0 Å². The lowest BCUT2D eigenvalue weighted by Gasteiger charge is -2.19. The molecule has 206 valence electrons. The second kappa shape index (κ2) is 9.62. The molecule has 0 aliphatic rings. The van der Waals surface area contributed by atoms with Gasteiger partial charge in [-0.2, -0.15) is 0 Å². The molecular weight excluding hydrogens is 490 g/mol. The Morgan fingerprint density at radius 2 is 0.875 bits per heavy atom. The van der Waals surface area contributed by atoms with E-state index in [-0.39, 0.29) is 22.1 Å². The number of aromatic nitrogens is 3. The Labute approximate surface area is 238 Å². The standard InChI is InChI=1S/C36H41N3O/c1-34(2,3)26-16-10-23(11-17-26)29-22-39-32(30(37-29)24-12-18-27(19-13-24)35(4,5)6)38-31(33(39)40)25-14-20-28(21-15-25)36(7,8)9/h10-22,40H,1-9H3. The molecular formula is C36H41N3O. The molecule has 0 atom stereocenters. The van der Waals surface area contributed by atoms with Crippen LogP contribution in [0.3, 0.4) is 0 Å². The van der Waals surface area contributed by atoms with Crippen molar-refractivity contribution < 1.29 is 5.11 Å². The molecule has 2 heterocycles. The molecule has 0 saturated carbocycles. The predicted octanol–water partition coefficient (Wildman–Crippen LogP) is 9.33. The fourth-order valence-electron chi connectivity index (χ4n) is 4.96. The minimum atomic E-state index is 0.0488. The van der Waals surface area contributed by atoms with E-state index in [1.54, 1.807) is 4.40 Å². The summed E-state index contributed by atoms with van der Waals surface area (Å²) in [5.41, 5.74) is 9.46. The highest BCUT2D eigenvalue weighted by Crippen LogP contribution is 2.37. The summed E-state index contributed by atoms with van der Waals surface area (Å²) in [5.74, 6) is 0.112. The van der Waals surface area contributed by atoms with E-state index >= 15 is 0 Å². The van der Waals surface area contributed by atoms with Crippen molar-refractivity contribution in [1.82, 2.24) is 14.4 Å². The quantitative estimate of drug-likeness (QED) is 0.252. The van der Waals surface area contributed by atoms with Gasteiger partial charge in [0.15, 0.2) is 5.65 Å². The first-order valence-corrected chi connectivity index (χ1v) is 14.1. The maximum Gasteiger partial charge on any atom is 0.224 e. The maximum absolute atomic E-state index is 11.5. The summed E-state index contributed by atoms with van der Waals surface area (Å²) in [6, 6.07) is 25.4. The van der Waals surface area contributed by atoms with Crippen molar-refractivity contribution in [2.45, 2.75) is 78.6 Å². The van der Waals surface area contributed by atoms with Gasteiger partial charge in [-0.3, -0.25) is 4.40 Å². The van der Waals surface area contributed by atoms with E-state index in [1.165, 1.54) is 16.7 Å². The first kappa shape index (κ1) is 27.6. The van der Waals surface area contributed by atoms with Crippen LogP contribution in [0.4, 0.5) is 0 Å². The van der Waals surface area contributed by atoms with E-state index in [0.29, 0.717) is 11.3 Å². The van der Waals surface area contributed by atoms with Crippen molar-refractivity contribution in [2.24, 2.45) is 0 Å². The molecule has 2 aromatic heterocycles. The molecule has 5 aromatic rings. The summed E-state index contributed by atoms with van der Waals surface area (Å²) in [7, 11) is 0. The average molecular weight is 532 g/mol. The van der Waals surface area contributed by atoms with Crippen molar-refractivity contribution in [2.75, 3.05) is 0 Å². The minimum Gasteiger partial charge on any atom is -0.493 e. The second-order valence-electron chi connectivity index (χ2n) is 13.9.